The number of amides is 2. The van der Waals surface area contributed by atoms with E-state index in [1.807, 2.05) is 38.1 Å². The fourth-order valence-corrected chi connectivity index (χ4v) is 3.13. The summed E-state index contributed by atoms with van der Waals surface area (Å²) in [5, 5.41) is 2.88. The van der Waals surface area contributed by atoms with Crippen LogP contribution < -0.4 is 10.1 Å². The molecular formula is C18H22N2O3. The highest BCUT2D eigenvalue weighted by molar-refractivity contribution is 5.98. The highest BCUT2D eigenvalue weighted by Crippen LogP contribution is 2.30. The van der Waals surface area contributed by atoms with Crippen molar-refractivity contribution in [3.05, 3.63) is 41.2 Å². The smallest absolute Gasteiger partial charge is 0.251 e. The van der Waals surface area contributed by atoms with Gasteiger partial charge in [-0.15, -0.1) is 0 Å². The zero-order valence-corrected chi connectivity index (χ0v) is 13.8. The fourth-order valence-electron chi connectivity index (χ4n) is 3.13. The third-order valence-electron chi connectivity index (χ3n) is 4.47. The highest BCUT2D eigenvalue weighted by atomic mass is 16.5. The molecule has 0 aromatic heterocycles. The summed E-state index contributed by atoms with van der Waals surface area (Å²) < 4.78 is 5.74. The van der Waals surface area contributed by atoms with Crippen LogP contribution in [0.2, 0.25) is 0 Å². The third kappa shape index (κ3) is 2.96. The Hall–Kier alpha value is -2.30. The standard InChI is InChI=1S/C18H22N2O3/c1-11(2)20-9-8-15(18(20)22)19-17(21)14-10-13-6-4-5-7-16(13)23-12(14)3/h4-7,11,15H,8-10H2,1-3H3,(H,19,21)/t15-/m1/s1. The number of carbonyl (C=O) groups is 2. The Labute approximate surface area is 136 Å². The van der Waals surface area contributed by atoms with Crippen LogP contribution >= 0.6 is 0 Å². The lowest BCUT2D eigenvalue weighted by Gasteiger charge is -2.23. The Morgan fingerprint density at radius 1 is 1.35 bits per heavy atom. The molecule has 0 spiro atoms. The Balaban J connectivity index is 1.71. The van der Waals surface area contributed by atoms with Crippen molar-refractivity contribution in [1.82, 2.24) is 10.2 Å². The molecule has 5 heteroatoms. The van der Waals surface area contributed by atoms with Crippen LogP contribution in [0.15, 0.2) is 35.6 Å². The number of hydrogen-bond donors (Lipinski definition) is 1. The zero-order chi connectivity index (χ0) is 16.6. The minimum absolute atomic E-state index is 0.00345. The van der Waals surface area contributed by atoms with Gasteiger partial charge in [0.25, 0.3) is 5.91 Å². The summed E-state index contributed by atoms with van der Waals surface area (Å²) in [6, 6.07) is 7.43. The van der Waals surface area contributed by atoms with Crippen molar-refractivity contribution in [3.63, 3.8) is 0 Å². The van der Waals surface area contributed by atoms with Gasteiger partial charge in [-0.2, -0.15) is 0 Å². The van der Waals surface area contributed by atoms with E-state index in [1.165, 1.54) is 0 Å². The SMILES string of the molecule is CC1=C(C(=O)N[C@@H]2CCN(C(C)C)C2=O)Cc2ccccc2O1. The minimum atomic E-state index is -0.428. The topological polar surface area (TPSA) is 58.6 Å². The van der Waals surface area contributed by atoms with Crippen LogP contribution in [0.1, 0.15) is 32.8 Å². The Morgan fingerprint density at radius 2 is 2.09 bits per heavy atom. The number of rotatable bonds is 3. The first-order valence-electron chi connectivity index (χ1n) is 8.04. The van der Waals surface area contributed by atoms with Gasteiger partial charge < -0.3 is 15.0 Å². The van der Waals surface area contributed by atoms with E-state index in [2.05, 4.69) is 5.32 Å². The van der Waals surface area contributed by atoms with Gasteiger partial charge in [-0.05, 0) is 38.8 Å². The molecule has 0 radical (unpaired) electrons. The molecule has 1 fully saturated rings. The van der Waals surface area contributed by atoms with Crippen molar-refractivity contribution in [1.29, 1.82) is 0 Å². The average molecular weight is 314 g/mol. The van der Waals surface area contributed by atoms with Gasteiger partial charge in [-0.3, -0.25) is 9.59 Å². The van der Waals surface area contributed by atoms with Gasteiger partial charge in [-0.1, -0.05) is 18.2 Å². The number of allylic oxidation sites excluding steroid dienone is 1. The molecule has 1 aromatic carbocycles. The molecule has 2 aliphatic heterocycles. The minimum Gasteiger partial charge on any atom is -0.461 e. The number of fused-ring (bicyclic) bond motifs is 1. The summed E-state index contributed by atoms with van der Waals surface area (Å²) in [5.74, 6) is 1.20. The maximum Gasteiger partial charge on any atom is 0.251 e. The number of nitrogens with one attached hydrogen (secondary N) is 1. The molecular weight excluding hydrogens is 292 g/mol. The first-order valence-corrected chi connectivity index (χ1v) is 8.04. The monoisotopic (exact) mass is 314 g/mol. The quantitative estimate of drug-likeness (QED) is 0.928. The second-order valence-corrected chi connectivity index (χ2v) is 6.36. The normalized spacial score (nSPS) is 20.6. The predicted molar refractivity (Wildman–Crippen MR) is 86.9 cm³/mol. The third-order valence-corrected chi connectivity index (χ3v) is 4.47. The lowest BCUT2D eigenvalue weighted by atomic mass is 10.00. The van der Waals surface area contributed by atoms with Crippen LogP contribution in [-0.4, -0.2) is 35.3 Å². The van der Waals surface area contributed by atoms with Gasteiger partial charge in [0.15, 0.2) is 0 Å². The van der Waals surface area contributed by atoms with E-state index < -0.39 is 6.04 Å². The predicted octanol–water partition coefficient (Wildman–Crippen LogP) is 2.02. The Kier molecular flexibility index (Phi) is 4.11. The van der Waals surface area contributed by atoms with Crippen LogP contribution in [-0.2, 0) is 16.0 Å². The molecule has 3 rings (SSSR count). The van der Waals surface area contributed by atoms with Crippen LogP contribution in [0.25, 0.3) is 0 Å². The van der Waals surface area contributed by atoms with Crippen molar-refractivity contribution >= 4 is 11.8 Å². The van der Waals surface area contributed by atoms with Gasteiger partial charge in [0.2, 0.25) is 5.91 Å². The number of para-hydroxylation sites is 1. The van der Waals surface area contributed by atoms with E-state index in [1.54, 1.807) is 11.8 Å². The number of carbonyl (C=O) groups excluding carboxylic acids is 2. The second-order valence-electron chi connectivity index (χ2n) is 6.36. The molecule has 1 saturated heterocycles. The van der Waals surface area contributed by atoms with Crippen molar-refractivity contribution in [2.45, 2.75) is 45.7 Å². The molecule has 1 atom stereocenters. The lowest BCUT2D eigenvalue weighted by Crippen LogP contribution is -2.44. The van der Waals surface area contributed by atoms with E-state index in [0.29, 0.717) is 30.7 Å². The maximum absolute atomic E-state index is 12.6. The van der Waals surface area contributed by atoms with Gasteiger partial charge >= 0.3 is 0 Å². The second kappa shape index (κ2) is 6.07. The fraction of sp³-hybridized carbons (Fsp3) is 0.444. The van der Waals surface area contributed by atoms with E-state index in [-0.39, 0.29) is 17.9 Å². The summed E-state index contributed by atoms with van der Waals surface area (Å²) in [6.45, 7) is 6.46. The van der Waals surface area contributed by atoms with Gasteiger partial charge in [-0.25, -0.2) is 0 Å². The van der Waals surface area contributed by atoms with Gasteiger partial charge in [0, 0.05) is 19.0 Å². The molecule has 5 nitrogen and oxygen atoms in total. The van der Waals surface area contributed by atoms with E-state index in [0.717, 1.165) is 11.3 Å². The molecule has 0 bridgehead atoms. The average Bonchev–Trinajstić information content (AvgIpc) is 2.87. The first-order chi connectivity index (χ1) is 11.0. The van der Waals surface area contributed by atoms with Crippen molar-refractivity contribution in [3.8, 4) is 5.75 Å². The van der Waals surface area contributed by atoms with Crippen LogP contribution in [0.4, 0.5) is 0 Å². The van der Waals surface area contributed by atoms with Crippen LogP contribution in [0.5, 0.6) is 5.75 Å². The molecule has 2 amide bonds. The number of nitrogens with zero attached hydrogens (tertiary/aromatic N) is 1. The van der Waals surface area contributed by atoms with Gasteiger partial charge in [0.05, 0.1) is 5.57 Å². The van der Waals surface area contributed by atoms with Crippen molar-refractivity contribution < 1.29 is 14.3 Å². The number of benzene rings is 1. The van der Waals surface area contributed by atoms with Crippen molar-refractivity contribution in [2.24, 2.45) is 0 Å². The summed E-state index contributed by atoms with van der Waals surface area (Å²) in [6.07, 6.45) is 1.19. The summed E-state index contributed by atoms with van der Waals surface area (Å²) in [4.78, 5) is 26.7. The Morgan fingerprint density at radius 3 is 2.78 bits per heavy atom. The number of ether oxygens (including phenoxy) is 1. The first kappa shape index (κ1) is 15.6. The molecule has 23 heavy (non-hydrogen) atoms. The van der Waals surface area contributed by atoms with Crippen LogP contribution in [0.3, 0.4) is 0 Å². The molecule has 0 aliphatic carbocycles. The largest absolute Gasteiger partial charge is 0.461 e. The molecule has 0 saturated carbocycles. The van der Waals surface area contributed by atoms with Crippen LogP contribution in [0, 0.1) is 0 Å². The highest BCUT2D eigenvalue weighted by Gasteiger charge is 2.35. The summed E-state index contributed by atoms with van der Waals surface area (Å²) in [7, 11) is 0. The van der Waals surface area contributed by atoms with Crippen molar-refractivity contribution in [2.75, 3.05) is 6.54 Å². The lowest BCUT2D eigenvalue weighted by molar-refractivity contribution is -0.133. The Bertz CT molecular complexity index is 679. The van der Waals surface area contributed by atoms with E-state index in [4.69, 9.17) is 4.74 Å². The molecule has 1 aromatic rings. The molecule has 2 heterocycles. The molecule has 1 N–H and O–H groups in total. The molecule has 0 unspecified atom stereocenters. The van der Waals surface area contributed by atoms with E-state index >= 15 is 0 Å². The molecule has 2 aliphatic rings. The zero-order valence-electron chi connectivity index (χ0n) is 13.8. The summed E-state index contributed by atoms with van der Waals surface area (Å²) >= 11 is 0. The number of likely N-dealkylation sites (tertiary alicyclic amines) is 1. The van der Waals surface area contributed by atoms with Gasteiger partial charge in [0.1, 0.15) is 17.6 Å². The number of hydrogen-bond acceptors (Lipinski definition) is 3. The maximum atomic E-state index is 12.6. The van der Waals surface area contributed by atoms with E-state index in [9.17, 15) is 9.59 Å². The molecule has 122 valence electrons. The summed E-state index contributed by atoms with van der Waals surface area (Å²) in [5.41, 5.74) is 1.59.